The summed E-state index contributed by atoms with van der Waals surface area (Å²) in [5.41, 5.74) is 1.56. The van der Waals surface area contributed by atoms with Crippen molar-refractivity contribution in [1.82, 2.24) is 14.8 Å². The first-order valence-electron chi connectivity index (χ1n) is 8.65. The monoisotopic (exact) mass is 380 g/mol. The van der Waals surface area contributed by atoms with Crippen molar-refractivity contribution in [3.05, 3.63) is 57.9 Å². The summed E-state index contributed by atoms with van der Waals surface area (Å²) in [7, 11) is 0. The van der Waals surface area contributed by atoms with E-state index in [1.807, 2.05) is 42.5 Å². The first-order chi connectivity index (χ1) is 12.8. The molecular formula is C20H17ClN4S. The van der Waals surface area contributed by atoms with Gasteiger partial charge < -0.3 is 4.57 Å². The van der Waals surface area contributed by atoms with E-state index in [0.29, 0.717) is 11.4 Å². The number of aryl methyl sites for hydroxylation is 1. The Morgan fingerprint density at radius 3 is 2.88 bits per heavy atom. The lowest BCUT2D eigenvalue weighted by Crippen LogP contribution is -2.05. The minimum absolute atomic E-state index is 0.554. The number of benzene rings is 1. The van der Waals surface area contributed by atoms with E-state index in [1.54, 1.807) is 11.3 Å². The minimum Gasteiger partial charge on any atom is -0.310 e. The second kappa shape index (κ2) is 7.45. The van der Waals surface area contributed by atoms with Crippen LogP contribution in [0, 0.1) is 11.3 Å². The highest BCUT2D eigenvalue weighted by atomic mass is 35.5. The fourth-order valence-electron chi connectivity index (χ4n) is 3.21. The summed E-state index contributed by atoms with van der Waals surface area (Å²) in [5.74, 6) is 1.67. The second-order valence-corrected chi connectivity index (χ2v) is 7.78. The molecule has 2 aromatic heterocycles. The Bertz CT molecular complexity index is 1010. The van der Waals surface area contributed by atoms with Crippen molar-refractivity contribution in [2.75, 3.05) is 0 Å². The number of thiophene rings is 1. The Labute approximate surface area is 161 Å². The van der Waals surface area contributed by atoms with Gasteiger partial charge in [0.2, 0.25) is 0 Å². The third-order valence-electron chi connectivity index (χ3n) is 4.52. The number of nitriles is 1. The molecule has 26 heavy (non-hydrogen) atoms. The zero-order valence-corrected chi connectivity index (χ0v) is 15.7. The van der Waals surface area contributed by atoms with Crippen LogP contribution in [0.4, 0.5) is 0 Å². The van der Waals surface area contributed by atoms with Gasteiger partial charge in [-0.3, -0.25) is 0 Å². The number of fused-ring (bicyclic) bond motifs is 1. The van der Waals surface area contributed by atoms with Gasteiger partial charge >= 0.3 is 0 Å². The molecule has 0 atom stereocenters. The smallest absolute Gasteiger partial charge is 0.174 e. The Balaban J connectivity index is 1.69. The lowest BCUT2D eigenvalue weighted by Gasteiger charge is -2.05. The van der Waals surface area contributed by atoms with E-state index in [4.69, 9.17) is 11.6 Å². The third kappa shape index (κ3) is 3.31. The Morgan fingerprint density at radius 1 is 1.15 bits per heavy atom. The molecule has 4 nitrogen and oxygen atoms in total. The predicted octanol–water partition coefficient (Wildman–Crippen LogP) is 5.45. The number of allylic oxidation sites excluding steroid dienone is 1. The summed E-state index contributed by atoms with van der Waals surface area (Å²) < 4.78 is 2.10. The zero-order chi connectivity index (χ0) is 17.9. The maximum atomic E-state index is 9.68. The van der Waals surface area contributed by atoms with Crippen molar-refractivity contribution in [3.8, 4) is 16.5 Å². The molecule has 0 saturated heterocycles. The highest BCUT2D eigenvalue weighted by molar-refractivity contribution is 7.16. The summed E-state index contributed by atoms with van der Waals surface area (Å²) in [6.45, 7) is 0.881. The largest absolute Gasteiger partial charge is 0.310 e. The van der Waals surface area contributed by atoms with Crippen LogP contribution in [0.1, 0.15) is 35.8 Å². The van der Waals surface area contributed by atoms with Gasteiger partial charge in [0.25, 0.3) is 0 Å². The molecule has 0 fully saturated rings. The minimum atomic E-state index is 0.554. The van der Waals surface area contributed by atoms with Crippen LogP contribution in [0.5, 0.6) is 0 Å². The van der Waals surface area contributed by atoms with Crippen LogP contribution in [0.25, 0.3) is 22.1 Å². The lowest BCUT2D eigenvalue weighted by atomic mass is 10.2. The molecule has 1 aliphatic heterocycles. The average molecular weight is 381 g/mol. The highest BCUT2D eigenvalue weighted by Crippen LogP contribution is 2.34. The van der Waals surface area contributed by atoms with Crippen LogP contribution in [0.3, 0.4) is 0 Å². The van der Waals surface area contributed by atoms with Crippen LogP contribution in [-0.4, -0.2) is 14.8 Å². The van der Waals surface area contributed by atoms with Crippen LogP contribution < -0.4 is 0 Å². The van der Waals surface area contributed by atoms with Gasteiger partial charge in [0.05, 0.1) is 5.57 Å². The van der Waals surface area contributed by atoms with E-state index in [1.165, 1.54) is 6.42 Å². The fourth-order valence-corrected chi connectivity index (χ4v) is 4.49. The maximum absolute atomic E-state index is 9.68. The third-order valence-corrected chi connectivity index (χ3v) is 5.92. The van der Waals surface area contributed by atoms with Gasteiger partial charge in [-0.05, 0) is 37.1 Å². The molecule has 4 rings (SSSR count). The van der Waals surface area contributed by atoms with Gasteiger partial charge in [-0.25, -0.2) is 0 Å². The molecule has 0 bridgehead atoms. The molecule has 0 amide bonds. The first kappa shape index (κ1) is 17.0. The number of hydrogen-bond acceptors (Lipinski definition) is 4. The van der Waals surface area contributed by atoms with Crippen molar-refractivity contribution in [2.45, 2.75) is 32.2 Å². The molecule has 0 unspecified atom stereocenters. The average Bonchev–Trinajstić information content (AvgIpc) is 3.21. The van der Waals surface area contributed by atoms with E-state index in [-0.39, 0.29) is 0 Å². The van der Waals surface area contributed by atoms with Crippen LogP contribution in [0.15, 0.2) is 36.4 Å². The molecular weight excluding hydrogens is 364 g/mol. The van der Waals surface area contributed by atoms with Gasteiger partial charge in [0.1, 0.15) is 11.9 Å². The summed E-state index contributed by atoms with van der Waals surface area (Å²) in [6.07, 6.45) is 6.26. The summed E-state index contributed by atoms with van der Waals surface area (Å²) in [5, 5.41) is 19.0. The highest BCUT2D eigenvalue weighted by Gasteiger charge is 2.18. The molecule has 1 aromatic carbocycles. The molecule has 1 aliphatic rings. The van der Waals surface area contributed by atoms with E-state index in [9.17, 15) is 5.26 Å². The predicted molar refractivity (Wildman–Crippen MR) is 106 cm³/mol. The van der Waals surface area contributed by atoms with Crippen molar-refractivity contribution < 1.29 is 0 Å². The molecule has 0 saturated carbocycles. The Hall–Kier alpha value is -2.42. The normalized spacial score (nSPS) is 14.5. The van der Waals surface area contributed by atoms with Crippen molar-refractivity contribution in [3.63, 3.8) is 0 Å². The van der Waals surface area contributed by atoms with Crippen molar-refractivity contribution >= 4 is 34.6 Å². The van der Waals surface area contributed by atoms with Crippen LogP contribution >= 0.6 is 22.9 Å². The number of nitrogens with zero attached hydrogens (tertiary/aromatic N) is 4. The molecule has 0 aliphatic carbocycles. The van der Waals surface area contributed by atoms with Crippen LogP contribution in [-0.2, 0) is 13.0 Å². The Kier molecular flexibility index (Phi) is 4.87. The number of halogens is 1. The SMILES string of the molecule is N#CC(=Cc1ccc(-c2ccccc2Cl)s1)c1nnc2n1CCCCC2. The van der Waals surface area contributed by atoms with Gasteiger partial charge in [-0.2, -0.15) is 5.26 Å². The topological polar surface area (TPSA) is 54.5 Å². The Morgan fingerprint density at radius 2 is 2.04 bits per heavy atom. The molecule has 3 heterocycles. The molecule has 3 aromatic rings. The summed E-state index contributed by atoms with van der Waals surface area (Å²) in [4.78, 5) is 2.08. The quantitative estimate of drug-likeness (QED) is 0.567. The molecule has 0 radical (unpaired) electrons. The van der Waals surface area contributed by atoms with Gasteiger partial charge in [0.15, 0.2) is 5.82 Å². The van der Waals surface area contributed by atoms with Gasteiger partial charge in [0, 0.05) is 33.3 Å². The second-order valence-electron chi connectivity index (χ2n) is 6.25. The standard InChI is InChI=1S/C20H17ClN4S/c21-17-7-4-3-6-16(17)18-10-9-15(26-18)12-14(13-22)20-24-23-19-8-2-1-5-11-25(19)20/h3-4,6-7,9-10,12H,1-2,5,8,11H2. The molecule has 130 valence electrons. The van der Waals surface area contributed by atoms with Crippen LogP contribution in [0.2, 0.25) is 5.02 Å². The van der Waals surface area contributed by atoms with Gasteiger partial charge in [-0.1, -0.05) is 36.2 Å². The lowest BCUT2D eigenvalue weighted by molar-refractivity contribution is 0.627. The molecule has 6 heteroatoms. The van der Waals surface area contributed by atoms with Crippen molar-refractivity contribution in [1.29, 1.82) is 5.26 Å². The molecule has 0 spiro atoms. The number of hydrogen-bond donors (Lipinski definition) is 0. The molecule has 0 N–H and O–H groups in total. The van der Waals surface area contributed by atoms with E-state index in [2.05, 4.69) is 20.8 Å². The zero-order valence-electron chi connectivity index (χ0n) is 14.2. The van der Waals surface area contributed by atoms with E-state index in [0.717, 1.165) is 52.0 Å². The summed E-state index contributed by atoms with van der Waals surface area (Å²) >= 11 is 7.91. The number of rotatable bonds is 3. The van der Waals surface area contributed by atoms with E-state index < -0.39 is 0 Å². The van der Waals surface area contributed by atoms with Gasteiger partial charge in [-0.15, -0.1) is 21.5 Å². The van der Waals surface area contributed by atoms with E-state index >= 15 is 0 Å². The number of aromatic nitrogens is 3. The summed E-state index contributed by atoms with van der Waals surface area (Å²) in [6, 6.07) is 14.1. The maximum Gasteiger partial charge on any atom is 0.174 e. The fraction of sp³-hybridized carbons (Fsp3) is 0.250. The first-order valence-corrected chi connectivity index (χ1v) is 9.84. The van der Waals surface area contributed by atoms with Crippen molar-refractivity contribution in [2.24, 2.45) is 0 Å².